The molecular weight excluding hydrogens is 280 g/mol. The van der Waals surface area contributed by atoms with Crippen LogP contribution in [0.1, 0.15) is 11.3 Å². The number of anilines is 2. The summed E-state index contributed by atoms with van der Waals surface area (Å²) in [5, 5.41) is 11.0. The maximum absolute atomic E-state index is 7.73. The van der Waals surface area contributed by atoms with Crippen molar-refractivity contribution in [2.45, 2.75) is 6.54 Å². The Morgan fingerprint density at radius 1 is 1.32 bits per heavy atom. The first-order valence-corrected chi connectivity index (χ1v) is 7.33. The van der Waals surface area contributed by atoms with E-state index in [2.05, 4.69) is 32.1 Å². The number of piperazine rings is 1. The topological polar surface area (TPSA) is 81.3 Å². The SMILES string of the molecule is CN1CCN(c2ncnc(NCc3ccco3)c2C=N)CC1. The van der Waals surface area contributed by atoms with E-state index in [1.807, 2.05) is 12.1 Å². The average molecular weight is 300 g/mol. The Kier molecular flexibility index (Phi) is 4.34. The Labute approximate surface area is 129 Å². The van der Waals surface area contributed by atoms with Crippen LogP contribution in [0, 0.1) is 5.41 Å². The minimum absolute atomic E-state index is 0.535. The Morgan fingerprint density at radius 3 is 2.82 bits per heavy atom. The highest BCUT2D eigenvalue weighted by Crippen LogP contribution is 2.23. The van der Waals surface area contributed by atoms with Gasteiger partial charge in [-0.2, -0.15) is 0 Å². The molecule has 116 valence electrons. The van der Waals surface area contributed by atoms with Crippen molar-refractivity contribution in [1.29, 1.82) is 5.41 Å². The molecule has 0 atom stereocenters. The molecule has 0 saturated carbocycles. The lowest BCUT2D eigenvalue weighted by molar-refractivity contribution is 0.312. The molecule has 1 fully saturated rings. The lowest BCUT2D eigenvalue weighted by Gasteiger charge is -2.34. The maximum atomic E-state index is 7.73. The molecule has 0 radical (unpaired) electrons. The molecule has 2 aromatic rings. The van der Waals surface area contributed by atoms with Gasteiger partial charge in [-0.3, -0.25) is 0 Å². The third-order valence-electron chi connectivity index (χ3n) is 3.82. The predicted octanol–water partition coefficient (Wildman–Crippen LogP) is 1.43. The first-order valence-electron chi connectivity index (χ1n) is 7.33. The summed E-state index contributed by atoms with van der Waals surface area (Å²) in [4.78, 5) is 13.2. The molecule has 1 aliphatic rings. The molecule has 0 unspecified atom stereocenters. The fraction of sp³-hybridized carbons (Fsp3) is 0.400. The van der Waals surface area contributed by atoms with Gasteiger partial charge < -0.3 is 24.9 Å². The van der Waals surface area contributed by atoms with Crippen LogP contribution in [-0.4, -0.2) is 54.3 Å². The zero-order valence-corrected chi connectivity index (χ0v) is 12.6. The smallest absolute Gasteiger partial charge is 0.143 e. The van der Waals surface area contributed by atoms with Gasteiger partial charge in [-0.05, 0) is 19.2 Å². The van der Waals surface area contributed by atoms with E-state index in [4.69, 9.17) is 9.83 Å². The van der Waals surface area contributed by atoms with Gasteiger partial charge in [-0.15, -0.1) is 0 Å². The van der Waals surface area contributed by atoms with Crippen LogP contribution < -0.4 is 10.2 Å². The zero-order valence-electron chi connectivity index (χ0n) is 12.6. The van der Waals surface area contributed by atoms with E-state index in [9.17, 15) is 0 Å². The van der Waals surface area contributed by atoms with E-state index < -0.39 is 0 Å². The Morgan fingerprint density at radius 2 is 2.14 bits per heavy atom. The van der Waals surface area contributed by atoms with Crippen molar-refractivity contribution >= 4 is 17.9 Å². The van der Waals surface area contributed by atoms with E-state index in [0.717, 1.165) is 43.3 Å². The summed E-state index contributed by atoms with van der Waals surface area (Å²) in [6, 6.07) is 3.75. The number of likely N-dealkylation sites (N-methyl/N-ethyl adjacent to an activating group) is 1. The van der Waals surface area contributed by atoms with Crippen LogP contribution in [0.15, 0.2) is 29.1 Å². The van der Waals surface area contributed by atoms with Crippen LogP contribution in [0.2, 0.25) is 0 Å². The van der Waals surface area contributed by atoms with Crippen molar-refractivity contribution in [2.24, 2.45) is 0 Å². The fourth-order valence-electron chi connectivity index (χ4n) is 2.51. The third-order valence-corrected chi connectivity index (χ3v) is 3.82. The standard InChI is InChI=1S/C15H20N6O/c1-20-4-6-21(7-5-20)15-13(9-16)14(18-11-19-15)17-10-12-3-2-8-22-12/h2-3,8-9,11,16H,4-7,10H2,1H3,(H,17,18,19). The lowest BCUT2D eigenvalue weighted by atomic mass is 10.2. The summed E-state index contributed by atoms with van der Waals surface area (Å²) in [6.07, 6.45) is 4.51. The summed E-state index contributed by atoms with van der Waals surface area (Å²) < 4.78 is 5.31. The summed E-state index contributed by atoms with van der Waals surface area (Å²) >= 11 is 0. The van der Waals surface area contributed by atoms with Crippen LogP contribution in [0.4, 0.5) is 11.6 Å². The van der Waals surface area contributed by atoms with Gasteiger partial charge in [-0.25, -0.2) is 9.97 Å². The molecule has 3 heterocycles. The Bertz CT molecular complexity index is 619. The summed E-state index contributed by atoms with van der Waals surface area (Å²) in [5.74, 6) is 2.31. The highest BCUT2D eigenvalue weighted by molar-refractivity contribution is 5.90. The molecule has 0 amide bonds. The van der Waals surface area contributed by atoms with Gasteiger partial charge in [0.2, 0.25) is 0 Å². The molecule has 7 nitrogen and oxygen atoms in total. The molecule has 0 aromatic carbocycles. The van der Waals surface area contributed by atoms with Crippen molar-refractivity contribution in [3.8, 4) is 0 Å². The second-order valence-corrected chi connectivity index (χ2v) is 5.33. The van der Waals surface area contributed by atoms with E-state index in [-0.39, 0.29) is 0 Å². The van der Waals surface area contributed by atoms with E-state index >= 15 is 0 Å². The average Bonchev–Trinajstić information content (AvgIpc) is 3.06. The molecule has 2 N–H and O–H groups in total. The van der Waals surface area contributed by atoms with Gasteiger partial charge in [0.1, 0.15) is 23.7 Å². The number of nitrogens with zero attached hydrogens (tertiary/aromatic N) is 4. The molecule has 0 spiro atoms. The van der Waals surface area contributed by atoms with Crippen molar-refractivity contribution in [2.75, 3.05) is 43.4 Å². The number of aromatic nitrogens is 2. The minimum atomic E-state index is 0.535. The summed E-state index contributed by atoms with van der Waals surface area (Å²) in [7, 11) is 2.12. The molecule has 3 rings (SSSR count). The van der Waals surface area contributed by atoms with Crippen molar-refractivity contribution in [3.63, 3.8) is 0 Å². The molecule has 1 aliphatic heterocycles. The van der Waals surface area contributed by atoms with Crippen LogP contribution in [0.25, 0.3) is 0 Å². The van der Waals surface area contributed by atoms with Crippen LogP contribution >= 0.6 is 0 Å². The number of hydrogen-bond donors (Lipinski definition) is 2. The van der Waals surface area contributed by atoms with Crippen molar-refractivity contribution in [1.82, 2.24) is 14.9 Å². The van der Waals surface area contributed by atoms with E-state index in [0.29, 0.717) is 12.4 Å². The van der Waals surface area contributed by atoms with Crippen LogP contribution in [0.3, 0.4) is 0 Å². The molecule has 7 heteroatoms. The number of hydrogen-bond acceptors (Lipinski definition) is 7. The third kappa shape index (κ3) is 3.09. The van der Waals surface area contributed by atoms with Gasteiger partial charge in [0.05, 0.1) is 18.4 Å². The largest absolute Gasteiger partial charge is 0.467 e. The molecule has 2 aromatic heterocycles. The maximum Gasteiger partial charge on any atom is 0.143 e. The highest BCUT2D eigenvalue weighted by atomic mass is 16.3. The molecule has 0 aliphatic carbocycles. The summed E-state index contributed by atoms with van der Waals surface area (Å²) in [6.45, 7) is 4.35. The van der Waals surface area contributed by atoms with E-state index in [1.165, 1.54) is 6.21 Å². The van der Waals surface area contributed by atoms with Gasteiger partial charge >= 0.3 is 0 Å². The zero-order chi connectivity index (χ0) is 15.4. The normalized spacial score (nSPS) is 15.8. The summed E-state index contributed by atoms with van der Waals surface area (Å²) in [5.41, 5.74) is 0.721. The van der Waals surface area contributed by atoms with Crippen LogP contribution in [-0.2, 0) is 6.54 Å². The van der Waals surface area contributed by atoms with Gasteiger partial charge in [0, 0.05) is 32.4 Å². The van der Waals surface area contributed by atoms with Crippen molar-refractivity contribution < 1.29 is 4.42 Å². The molecular formula is C15H20N6O. The van der Waals surface area contributed by atoms with Gasteiger partial charge in [0.25, 0.3) is 0 Å². The van der Waals surface area contributed by atoms with Crippen LogP contribution in [0.5, 0.6) is 0 Å². The predicted molar refractivity (Wildman–Crippen MR) is 85.7 cm³/mol. The number of furan rings is 1. The Hall–Kier alpha value is -2.41. The monoisotopic (exact) mass is 300 g/mol. The fourth-order valence-corrected chi connectivity index (χ4v) is 2.51. The van der Waals surface area contributed by atoms with Gasteiger partial charge in [0.15, 0.2) is 0 Å². The Balaban J connectivity index is 1.79. The van der Waals surface area contributed by atoms with E-state index in [1.54, 1.807) is 12.6 Å². The molecule has 1 saturated heterocycles. The highest BCUT2D eigenvalue weighted by Gasteiger charge is 2.19. The quantitative estimate of drug-likeness (QED) is 0.813. The number of nitrogens with one attached hydrogen (secondary N) is 2. The molecule has 0 bridgehead atoms. The second kappa shape index (κ2) is 6.57. The number of rotatable bonds is 5. The lowest BCUT2D eigenvalue weighted by Crippen LogP contribution is -2.45. The first kappa shape index (κ1) is 14.5. The van der Waals surface area contributed by atoms with Crippen molar-refractivity contribution in [3.05, 3.63) is 36.0 Å². The first-order chi connectivity index (χ1) is 10.8. The second-order valence-electron chi connectivity index (χ2n) is 5.33. The minimum Gasteiger partial charge on any atom is -0.467 e. The van der Waals surface area contributed by atoms with Gasteiger partial charge in [-0.1, -0.05) is 0 Å². The molecule has 22 heavy (non-hydrogen) atoms.